The number of benzene rings is 2. The maximum atomic E-state index is 6.11. The van der Waals surface area contributed by atoms with Crippen LogP contribution in [0.2, 0.25) is 5.02 Å². The Morgan fingerprint density at radius 1 is 1.14 bits per heavy atom. The molecule has 0 saturated heterocycles. The molecule has 0 saturated carbocycles. The van der Waals surface area contributed by atoms with E-state index in [1.165, 1.54) is 16.7 Å². The van der Waals surface area contributed by atoms with Gasteiger partial charge < -0.3 is 10.3 Å². The van der Waals surface area contributed by atoms with Crippen LogP contribution in [-0.2, 0) is 13.0 Å². The minimum absolute atomic E-state index is 0.594. The van der Waals surface area contributed by atoms with E-state index in [-0.39, 0.29) is 0 Å². The van der Waals surface area contributed by atoms with Crippen LogP contribution in [0, 0.1) is 13.8 Å². The molecule has 0 bridgehead atoms. The van der Waals surface area contributed by atoms with E-state index >= 15 is 0 Å². The first-order chi connectivity index (χ1) is 10.6. The molecular formula is C18H20ClN3. The molecule has 0 aliphatic rings. The second-order valence-electron chi connectivity index (χ2n) is 5.71. The predicted molar refractivity (Wildman–Crippen MR) is 92.5 cm³/mol. The molecule has 0 spiro atoms. The van der Waals surface area contributed by atoms with E-state index < -0.39 is 0 Å². The Kier molecular flexibility index (Phi) is 4.19. The topological polar surface area (TPSA) is 43.8 Å². The van der Waals surface area contributed by atoms with Gasteiger partial charge in [0.2, 0.25) is 0 Å². The molecule has 2 aromatic carbocycles. The second kappa shape index (κ2) is 6.11. The molecule has 3 nitrogen and oxygen atoms in total. The highest BCUT2D eigenvalue weighted by Crippen LogP contribution is 2.23. The Morgan fingerprint density at radius 2 is 1.91 bits per heavy atom. The highest BCUT2D eigenvalue weighted by atomic mass is 35.5. The zero-order valence-electron chi connectivity index (χ0n) is 12.9. The predicted octanol–water partition coefficient (Wildman–Crippen LogP) is 3.86. The molecule has 0 fully saturated rings. The lowest BCUT2D eigenvalue weighted by Gasteiger charge is -2.10. The van der Waals surface area contributed by atoms with Gasteiger partial charge in [0.15, 0.2) is 0 Å². The summed E-state index contributed by atoms with van der Waals surface area (Å²) in [6.07, 6.45) is 0.771. The van der Waals surface area contributed by atoms with E-state index in [0.29, 0.717) is 6.54 Å². The zero-order valence-corrected chi connectivity index (χ0v) is 13.7. The average molecular weight is 314 g/mol. The molecule has 1 aromatic heterocycles. The molecule has 2 N–H and O–H groups in total. The van der Waals surface area contributed by atoms with Crippen molar-refractivity contribution in [1.29, 1.82) is 0 Å². The Hall–Kier alpha value is -1.84. The van der Waals surface area contributed by atoms with E-state index in [1.807, 2.05) is 18.2 Å². The van der Waals surface area contributed by atoms with E-state index in [0.717, 1.165) is 34.8 Å². The quantitative estimate of drug-likeness (QED) is 0.795. The van der Waals surface area contributed by atoms with Crippen LogP contribution in [0.5, 0.6) is 0 Å². The summed E-state index contributed by atoms with van der Waals surface area (Å²) in [6, 6.07) is 12.3. The van der Waals surface area contributed by atoms with Crippen molar-refractivity contribution in [3.8, 4) is 0 Å². The Labute approximate surface area is 135 Å². The minimum Gasteiger partial charge on any atom is -0.330 e. The molecule has 4 heteroatoms. The Balaban J connectivity index is 2.12. The standard InChI is InChI=1S/C18H20ClN3/c1-12-8-16-17(9-13(12)2)22(18(21-16)6-7-20)11-14-4-3-5-15(19)10-14/h3-5,8-10H,6-7,11,20H2,1-2H3. The summed E-state index contributed by atoms with van der Waals surface area (Å²) in [5.74, 6) is 1.03. The molecule has 0 aliphatic carbocycles. The highest BCUT2D eigenvalue weighted by molar-refractivity contribution is 6.30. The first-order valence-electron chi connectivity index (χ1n) is 7.49. The fourth-order valence-electron chi connectivity index (χ4n) is 2.74. The molecular weight excluding hydrogens is 294 g/mol. The second-order valence-corrected chi connectivity index (χ2v) is 6.14. The largest absolute Gasteiger partial charge is 0.330 e. The summed E-state index contributed by atoms with van der Waals surface area (Å²) in [7, 11) is 0. The molecule has 0 aliphatic heterocycles. The van der Waals surface area contributed by atoms with Crippen LogP contribution < -0.4 is 5.73 Å². The van der Waals surface area contributed by atoms with Crippen molar-refractivity contribution in [2.45, 2.75) is 26.8 Å². The van der Waals surface area contributed by atoms with Gasteiger partial charge in [-0.3, -0.25) is 0 Å². The van der Waals surface area contributed by atoms with Crippen LogP contribution >= 0.6 is 11.6 Å². The summed E-state index contributed by atoms with van der Waals surface area (Å²) in [5.41, 5.74) is 11.7. The van der Waals surface area contributed by atoms with E-state index in [9.17, 15) is 0 Å². The molecule has 3 aromatic rings. The third-order valence-corrected chi connectivity index (χ3v) is 4.28. The van der Waals surface area contributed by atoms with Gasteiger partial charge in [-0.2, -0.15) is 0 Å². The monoisotopic (exact) mass is 313 g/mol. The summed E-state index contributed by atoms with van der Waals surface area (Å²) in [4.78, 5) is 4.77. The van der Waals surface area contributed by atoms with Gasteiger partial charge in [-0.1, -0.05) is 23.7 Å². The molecule has 0 atom stereocenters. The van der Waals surface area contributed by atoms with E-state index in [4.69, 9.17) is 22.3 Å². The van der Waals surface area contributed by atoms with Gasteiger partial charge in [0.1, 0.15) is 5.82 Å². The summed E-state index contributed by atoms with van der Waals surface area (Å²) < 4.78 is 2.25. The smallest absolute Gasteiger partial charge is 0.111 e. The lowest BCUT2D eigenvalue weighted by Crippen LogP contribution is -2.11. The number of rotatable bonds is 4. The minimum atomic E-state index is 0.594. The van der Waals surface area contributed by atoms with Gasteiger partial charge in [0.25, 0.3) is 0 Å². The number of hydrogen-bond acceptors (Lipinski definition) is 2. The number of aromatic nitrogens is 2. The fourth-order valence-corrected chi connectivity index (χ4v) is 2.96. The van der Waals surface area contributed by atoms with Gasteiger partial charge in [-0.05, 0) is 61.3 Å². The van der Waals surface area contributed by atoms with Crippen LogP contribution in [0.15, 0.2) is 36.4 Å². The SMILES string of the molecule is Cc1cc2nc(CCN)n(Cc3cccc(Cl)c3)c2cc1C. The summed E-state index contributed by atoms with van der Waals surface area (Å²) >= 11 is 6.11. The van der Waals surface area contributed by atoms with Gasteiger partial charge in [-0.15, -0.1) is 0 Å². The maximum absolute atomic E-state index is 6.11. The number of halogens is 1. The first-order valence-corrected chi connectivity index (χ1v) is 7.87. The van der Waals surface area contributed by atoms with Crippen molar-refractivity contribution in [3.05, 3.63) is 63.9 Å². The molecule has 22 heavy (non-hydrogen) atoms. The molecule has 0 amide bonds. The normalized spacial score (nSPS) is 11.3. The van der Waals surface area contributed by atoms with Crippen molar-refractivity contribution in [2.24, 2.45) is 5.73 Å². The lowest BCUT2D eigenvalue weighted by molar-refractivity contribution is 0.734. The van der Waals surface area contributed by atoms with Crippen LogP contribution in [-0.4, -0.2) is 16.1 Å². The molecule has 0 radical (unpaired) electrons. The van der Waals surface area contributed by atoms with Crippen LogP contribution in [0.1, 0.15) is 22.5 Å². The number of imidazole rings is 1. The lowest BCUT2D eigenvalue weighted by atomic mass is 10.1. The van der Waals surface area contributed by atoms with Crippen LogP contribution in [0.25, 0.3) is 11.0 Å². The first kappa shape index (κ1) is 15.1. The van der Waals surface area contributed by atoms with Crippen molar-refractivity contribution in [2.75, 3.05) is 6.54 Å². The van der Waals surface area contributed by atoms with Crippen molar-refractivity contribution in [1.82, 2.24) is 9.55 Å². The third-order valence-electron chi connectivity index (χ3n) is 4.04. The maximum Gasteiger partial charge on any atom is 0.111 e. The molecule has 3 rings (SSSR count). The Bertz CT molecular complexity index is 821. The van der Waals surface area contributed by atoms with E-state index in [1.54, 1.807) is 0 Å². The van der Waals surface area contributed by atoms with Gasteiger partial charge >= 0.3 is 0 Å². The van der Waals surface area contributed by atoms with Crippen molar-refractivity contribution < 1.29 is 0 Å². The van der Waals surface area contributed by atoms with Gasteiger partial charge in [0.05, 0.1) is 11.0 Å². The summed E-state index contributed by atoms with van der Waals surface area (Å²) in [5, 5.41) is 0.759. The number of fused-ring (bicyclic) bond motifs is 1. The van der Waals surface area contributed by atoms with Crippen LogP contribution in [0.4, 0.5) is 0 Å². The summed E-state index contributed by atoms with van der Waals surface area (Å²) in [6.45, 7) is 5.60. The number of hydrogen-bond donors (Lipinski definition) is 1. The van der Waals surface area contributed by atoms with Crippen molar-refractivity contribution in [3.63, 3.8) is 0 Å². The van der Waals surface area contributed by atoms with E-state index in [2.05, 4.69) is 36.6 Å². The highest BCUT2D eigenvalue weighted by Gasteiger charge is 2.12. The van der Waals surface area contributed by atoms with Crippen molar-refractivity contribution >= 4 is 22.6 Å². The number of nitrogens with two attached hydrogens (primary N) is 1. The van der Waals surface area contributed by atoms with Gasteiger partial charge in [0, 0.05) is 18.0 Å². The average Bonchev–Trinajstić information content (AvgIpc) is 2.78. The van der Waals surface area contributed by atoms with Gasteiger partial charge in [-0.25, -0.2) is 4.98 Å². The third kappa shape index (κ3) is 2.87. The van der Waals surface area contributed by atoms with Crippen LogP contribution in [0.3, 0.4) is 0 Å². The number of nitrogens with zero attached hydrogens (tertiary/aromatic N) is 2. The molecule has 0 unspecified atom stereocenters. The fraction of sp³-hybridized carbons (Fsp3) is 0.278. The zero-order chi connectivity index (χ0) is 15.7. The number of aryl methyl sites for hydroxylation is 2. The molecule has 114 valence electrons. The Morgan fingerprint density at radius 3 is 2.64 bits per heavy atom. The molecule has 1 heterocycles.